The van der Waals surface area contributed by atoms with Gasteiger partial charge in [0.1, 0.15) is 18.5 Å². The van der Waals surface area contributed by atoms with Gasteiger partial charge in [-0.3, -0.25) is 9.80 Å². The first-order valence-electron chi connectivity index (χ1n) is 9.04. The van der Waals surface area contributed by atoms with Crippen LogP contribution < -0.4 is 4.74 Å². The zero-order valence-electron chi connectivity index (χ0n) is 14.3. The maximum Gasteiger partial charge on any atom is 0.119 e. The van der Waals surface area contributed by atoms with E-state index < -0.39 is 6.10 Å². The van der Waals surface area contributed by atoms with Crippen LogP contribution in [0.4, 0.5) is 0 Å². The molecule has 1 saturated heterocycles. The molecule has 23 heavy (non-hydrogen) atoms. The summed E-state index contributed by atoms with van der Waals surface area (Å²) in [5.74, 6) is 0.843. The van der Waals surface area contributed by atoms with Crippen LogP contribution >= 0.6 is 0 Å². The predicted molar refractivity (Wildman–Crippen MR) is 92.9 cm³/mol. The van der Waals surface area contributed by atoms with Gasteiger partial charge in [0.15, 0.2) is 0 Å². The first-order chi connectivity index (χ1) is 11.2. The van der Waals surface area contributed by atoms with Crippen molar-refractivity contribution in [3.8, 4) is 5.75 Å². The summed E-state index contributed by atoms with van der Waals surface area (Å²) in [7, 11) is 0. The van der Waals surface area contributed by atoms with Crippen molar-refractivity contribution < 1.29 is 9.84 Å². The first kappa shape index (κ1) is 16.7. The third-order valence-corrected chi connectivity index (χ3v) is 5.15. The number of benzene rings is 1. The number of hydrogen-bond acceptors (Lipinski definition) is 4. The van der Waals surface area contributed by atoms with Gasteiger partial charge in [0, 0.05) is 38.8 Å². The number of β-amino-alcohol motifs (C(OH)–C–C–N with tert-alkyl or cyclic N) is 1. The minimum atomic E-state index is -0.423. The molecule has 0 bridgehead atoms. The summed E-state index contributed by atoms with van der Waals surface area (Å²) >= 11 is 0. The summed E-state index contributed by atoms with van der Waals surface area (Å²) < 4.78 is 5.71. The van der Waals surface area contributed by atoms with Gasteiger partial charge >= 0.3 is 0 Å². The zero-order chi connectivity index (χ0) is 16.1. The van der Waals surface area contributed by atoms with Crippen LogP contribution in [0.5, 0.6) is 5.75 Å². The van der Waals surface area contributed by atoms with E-state index in [1.165, 1.54) is 31.2 Å². The molecule has 4 nitrogen and oxygen atoms in total. The smallest absolute Gasteiger partial charge is 0.119 e. The van der Waals surface area contributed by atoms with E-state index in [9.17, 15) is 5.11 Å². The summed E-state index contributed by atoms with van der Waals surface area (Å²) in [5.41, 5.74) is 1.18. The Labute approximate surface area is 140 Å². The molecule has 1 saturated carbocycles. The maximum atomic E-state index is 10.2. The molecule has 1 aliphatic carbocycles. The monoisotopic (exact) mass is 318 g/mol. The van der Waals surface area contributed by atoms with E-state index >= 15 is 0 Å². The quantitative estimate of drug-likeness (QED) is 0.873. The third kappa shape index (κ3) is 4.93. The average molecular weight is 318 g/mol. The van der Waals surface area contributed by atoms with Gasteiger partial charge in [0.05, 0.1) is 0 Å². The topological polar surface area (TPSA) is 35.9 Å². The van der Waals surface area contributed by atoms with Crippen LogP contribution in [0.25, 0.3) is 0 Å². The molecule has 4 heteroatoms. The standard InChI is InChI=1S/C19H30N2O2/c1-16-5-4-8-19(13-16)23-15-18(22)14-20-9-11-21(12-10-20)17-6-2-3-7-17/h4-5,8,13,17-18,22H,2-3,6-7,9-12,14-15H2,1H3. The van der Waals surface area contributed by atoms with Crippen molar-refractivity contribution in [3.63, 3.8) is 0 Å². The summed E-state index contributed by atoms with van der Waals surface area (Å²) in [6.07, 6.45) is 5.15. The number of rotatable bonds is 6. The minimum Gasteiger partial charge on any atom is -0.491 e. The van der Waals surface area contributed by atoms with E-state index in [-0.39, 0.29) is 0 Å². The fraction of sp³-hybridized carbons (Fsp3) is 0.684. The van der Waals surface area contributed by atoms with Gasteiger partial charge in [-0.15, -0.1) is 0 Å². The number of aliphatic hydroxyl groups is 1. The summed E-state index contributed by atoms with van der Waals surface area (Å²) in [6.45, 7) is 7.56. The molecular weight excluding hydrogens is 288 g/mol. The molecular formula is C19H30N2O2. The van der Waals surface area contributed by atoms with E-state index in [2.05, 4.69) is 9.80 Å². The molecule has 1 atom stereocenters. The van der Waals surface area contributed by atoms with Crippen LogP contribution in [0, 0.1) is 6.92 Å². The van der Waals surface area contributed by atoms with Crippen molar-refractivity contribution in [2.24, 2.45) is 0 Å². The highest BCUT2D eigenvalue weighted by Crippen LogP contribution is 2.24. The SMILES string of the molecule is Cc1cccc(OCC(O)CN2CCN(C3CCCC3)CC2)c1. The number of piperazine rings is 1. The van der Waals surface area contributed by atoms with Crippen molar-refractivity contribution in [2.45, 2.75) is 44.8 Å². The molecule has 1 aromatic carbocycles. The first-order valence-corrected chi connectivity index (χ1v) is 9.04. The minimum absolute atomic E-state index is 0.367. The maximum absolute atomic E-state index is 10.2. The van der Waals surface area contributed by atoms with Crippen LogP contribution in [-0.2, 0) is 0 Å². The Hall–Kier alpha value is -1.10. The lowest BCUT2D eigenvalue weighted by atomic mass is 10.1. The van der Waals surface area contributed by atoms with Gasteiger partial charge in [-0.1, -0.05) is 25.0 Å². The second kappa shape index (κ2) is 8.13. The fourth-order valence-corrected chi connectivity index (χ4v) is 3.83. The van der Waals surface area contributed by atoms with Gasteiger partial charge in [-0.25, -0.2) is 0 Å². The Morgan fingerprint density at radius 3 is 2.61 bits per heavy atom. The van der Waals surface area contributed by atoms with E-state index in [1.807, 2.05) is 31.2 Å². The Morgan fingerprint density at radius 2 is 1.91 bits per heavy atom. The molecule has 128 valence electrons. The lowest BCUT2D eigenvalue weighted by Crippen LogP contribution is -2.51. The molecule has 0 radical (unpaired) electrons. The Balaban J connectivity index is 1.36. The average Bonchev–Trinajstić information content (AvgIpc) is 3.08. The number of hydrogen-bond donors (Lipinski definition) is 1. The number of ether oxygens (including phenoxy) is 1. The van der Waals surface area contributed by atoms with Crippen molar-refractivity contribution in [3.05, 3.63) is 29.8 Å². The largest absolute Gasteiger partial charge is 0.491 e. The molecule has 0 aromatic heterocycles. The van der Waals surface area contributed by atoms with Crippen molar-refractivity contribution in [2.75, 3.05) is 39.3 Å². The number of aryl methyl sites for hydroxylation is 1. The van der Waals surface area contributed by atoms with Crippen molar-refractivity contribution in [1.29, 1.82) is 0 Å². The fourth-order valence-electron chi connectivity index (χ4n) is 3.83. The number of aliphatic hydroxyl groups excluding tert-OH is 1. The van der Waals surface area contributed by atoms with E-state index in [0.29, 0.717) is 13.2 Å². The van der Waals surface area contributed by atoms with Crippen LogP contribution in [-0.4, -0.2) is 66.4 Å². The highest BCUT2D eigenvalue weighted by Gasteiger charge is 2.26. The molecule has 0 amide bonds. The van der Waals surface area contributed by atoms with Crippen LogP contribution in [0.15, 0.2) is 24.3 Å². The molecule has 1 unspecified atom stereocenters. The zero-order valence-corrected chi connectivity index (χ0v) is 14.3. The normalized spacial score (nSPS) is 22.3. The molecule has 2 fully saturated rings. The Bertz CT molecular complexity index is 480. The highest BCUT2D eigenvalue weighted by molar-refractivity contribution is 5.27. The second-order valence-corrected chi connectivity index (χ2v) is 7.06. The van der Waals surface area contributed by atoms with Crippen LogP contribution in [0.2, 0.25) is 0 Å². The van der Waals surface area contributed by atoms with E-state index in [4.69, 9.17) is 4.74 Å². The Morgan fingerprint density at radius 1 is 1.17 bits per heavy atom. The van der Waals surface area contributed by atoms with Gasteiger partial charge in [0.2, 0.25) is 0 Å². The van der Waals surface area contributed by atoms with Gasteiger partial charge < -0.3 is 9.84 Å². The summed E-state index contributed by atoms with van der Waals surface area (Å²) in [5, 5.41) is 10.2. The van der Waals surface area contributed by atoms with E-state index in [1.54, 1.807) is 0 Å². The van der Waals surface area contributed by atoms with Crippen LogP contribution in [0.3, 0.4) is 0 Å². The van der Waals surface area contributed by atoms with Gasteiger partial charge in [-0.2, -0.15) is 0 Å². The molecule has 1 N–H and O–H groups in total. The van der Waals surface area contributed by atoms with Crippen LogP contribution in [0.1, 0.15) is 31.2 Å². The lowest BCUT2D eigenvalue weighted by Gasteiger charge is -2.38. The highest BCUT2D eigenvalue weighted by atomic mass is 16.5. The van der Waals surface area contributed by atoms with Crippen molar-refractivity contribution >= 4 is 0 Å². The van der Waals surface area contributed by atoms with Gasteiger partial charge in [-0.05, 0) is 37.5 Å². The summed E-state index contributed by atoms with van der Waals surface area (Å²) in [6, 6.07) is 8.81. The Kier molecular flexibility index (Phi) is 5.92. The predicted octanol–water partition coefficient (Wildman–Crippen LogP) is 2.29. The molecule has 2 aliphatic rings. The van der Waals surface area contributed by atoms with Crippen molar-refractivity contribution in [1.82, 2.24) is 9.80 Å². The molecule has 3 rings (SSSR count). The molecule has 1 heterocycles. The molecule has 1 aliphatic heterocycles. The summed E-state index contributed by atoms with van der Waals surface area (Å²) in [4.78, 5) is 5.02. The second-order valence-electron chi connectivity index (χ2n) is 7.06. The third-order valence-electron chi connectivity index (χ3n) is 5.15. The van der Waals surface area contributed by atoms with Gasteiger partial charge in [0.25, 0.3) is 0 Å². The molecule has 0 spiro atoms. The van der Waals surface area contributed by atoms with E-state index in [0.717, 1.165) is 38.0 Å². The number of nitrogens with zero attached hydrogens (tertiary/aromatic N) is 2. The lowest BCUT2D eigenvalue weighted by molar-refractivity contribution is 0.0370. The molecule has 1 aromatic rings.